The number of halogens is 4. The summed E-state index contributed by atoms with van der Waals surface area (Å²) in [6.07, 6.45) is -2.41. The number of furan rings is 1. The van der Waals surface area contributed by atoms with Crippen LogP contribution in [0.3, 0.4) is 0 Å². The van der Waals surface area contributed by atoms with E-state index < -0.39 is 11.7 Å². The summed E-state index contributed by atoms with van der Waals surface area (Å²) in [4.78, 5) is 12.9. The molecule has 1 aromatic heterocycles. The number of amides is 1. The van der Waals surface area contributed by atoms with E-state index in [0.717, 1.165) is 34.2 Å². The van der Waals surface area contributed by atoms with E-state index >= 15 is 0 Å². The monoisotopic (exact) mass is 519 g/mol. The van der Waals surface area contributed by atoms with E-state index in [0.29, 0.717) is 35.6 Å². The minimum atomic E-state index is -4.43. The molecule has 0 radical (unpaired) electrons. The first-order chi connectivity index (χ1) is 15.6. The van der Waals surface area contributed by atoms with Crippen molar-refractivity contribution in [2.75, 3.05) is 10.7 Å². The topological polar surface area (TPSA) is 66.6 Å². The summed E-state index contributed by atoms with van der Waals surface area (Å²) in [5.41, 5.74) is 5.90. The molecule has 172 valence electrons. The number of nitrogens with zero attached hydrogens (tertiary/aromatic N) is 1. The largest absolute Gasteiger partial charge is 0.455 e. The normalized spacial score (nSPS) is 14.8. The van der Waals surface area contributed by atoms with E-state index in [1.54, 1.807) is 13.0 Å². The van der Waals surface area contributed by atoms with Gasteiger partial charge in [0.25, 0.3) is 5.91 Å². The van der Waals surface area contributed by atoms with Gasteiger partial charge in [0, 0.05) is 22.0 Å². The molecule has 33 heavy (non-hydrogen) atoms. The third-order valence-corrected chi connectivity index (χ3v) is 6.07. The minimum absolute atomic E-state index is 0.196. The highest BCUT2D eigenvalue weighted by Crippen LogP contribution is 2.33. The number of nitrogens with one attached hydrogen (secondary N) is 2. The zero-order valence-corrected chi connectivity index (χ0v) is 19.5. The molecule has 1 aliphatic carbocycles. The van der Waals surface area contributed by atoms with Crippen molar-refractivity contribution in [3.63, 3.8) is 0 Å². The van der Waals surface area contributed by atoms with Gasteiger partial charge in [0.1, 0.15) is 5.76 Å². The van der Waals surface area contributed by atoms with Crippen LogP contribution >= 0.6 is 15.9 Å². The average molecular weight is 520 g/mol. The van der Waals surface area contributed by atoms with E-state index in [-0.39, 0.29) is 17.4 Å². The Hall–Kier alpha value is -3.07. The fourth-order valence-electron chi connectivity index (χ4n) is 3.79. The van der Waals surface area contributed by atoms with E-state index in [4.69, 9.17) is 4.42 Å². The van der Waals surface area contributed by atoms with Crippen LogP contribution < -0.4 is 10.7 Å². The van der Waals surface area contributed by atoms with Crippen molar-refractivity contribution < 1.29 is 22.4 Å². The zero-order chi connectivity index (χ0) is 23.8. The van der Waals surface area contributed by atoms with Gasteiger partial charge in [-0.15, -0.1) is 0 Å². The Morgan fingerprint density at radius 1 is 1.12 bits per heavy atom. The van der Waals surface area contributed by atoms with Gasteiger partial charge in [-0.05, 0) is 78.5 Å². The predicted molar refractivity (Wildman–Crippen MR) is 125 cm³/mol. The second-order valence-electron chi connectivity index (χ2n) is 7.89. The van der Waals surface area contributed by atoms with Crippen LogP contribution in [0.15, 0.2) is 56.5 Å². The third-order valence-electron chi connectivity index (χ3n) is 5.41. The molecule has 0 spiro atoms. The molecular weight excluding hydrogens is 499 g/mol. The number of hydrogen-bond donors (Lipinski definition) is 2. The Bertz CT molecular complexity index is 1250. The first-order valence-corrected chi connectivity index (χ1v) is 11.1. The van der Waals surface area contributed by atoms with Crippen LogP contribution in [0.5, 0.6) is 0 Å². The standard InChI is InChI=1S/C24H21BrF3N3O2/c1-13-9-10-18(17(25)11-13)29-23(32)22-14(2)21-19(7-4-8-20(21)33-22)31-30-16-6-3-5-15(12-16)24(26,27)28/h3,5-6,9-12,30H,4,7-8H2,1-2H3,(H,29,32)/b31-19+. The lowest BCUT2D eigenvalue weighted by Gasteiger charge is -2.14. The van der Waals surface area contributed by atoms with Gasteiger partial charge in [0.2, 0.25) is 0 Å². The smallest absolute Gasteiger partial charge is 0.416 e. The van der Waals surface area contributed by atoms with Crippen molar-refractivity contribution in [1.29, 1.82) is 0 Å². The van der Waals surface area contributed by atoms with Crippen molar-refractivity contribution in [3.05, 3.63) is 80.7 Å². The lowest BCUT2D eigenvalue weighted by molar-refractivity contribution is -0.137. The van der Waals surface area contributed by atoms with E-state index in [9.17, 15) is 18.0 Å². The number of aryl methyl sites for hydroxylation is 2. The first-order valence-electron chi connectivity index (χ1n) is 10.3. The number of anilines is 2. The molecule has 0 saturated carbocycles. The molecule has 2 N–H and O–H groups in total. The highest BCUT2D eigenvalue weighted by molar-refractivity contribution is 9.10. The van der Waals surface area contributed by atoms with Gasteiger partial charge in [-0.1, -0.05) is 12.1 Å². The van der Waals surface area contributed by atoms with Crippen molar-refractivity contribution in [1.82, 2.24) is 0 Å². The van der Waals surface area contributed by atoms with Crippen LogP contribution in [0.25, 0.3) is 0 Å². The first kappa shape index (κ1) is 23.1. The van der Waals surface area contributed by atoms with Crippen LogP contribution in [0.4, 0.5) is 24.5 Å². The lowest BCUT2D eigenvalue weighted by atomic mass is 9.93. The number of alkyl halides is 3. The molecule has 1 aliphatic rings. The molecule has 0 bridgehead atoms. The Labute approximate surface area is 197 Å². The maximum absolute atomic E-state index is 13.0. The van der Waals surface area contributed by atoms with Gasteiger partial charge in [-0.2, -0.15) is 18.3 Å². The van der Waals surface area contributed by atoms with E-state index in [1.807, 2.05) is 19.1 Å². The maximum Gasteiger partial charge on any atom is 0.416 e. The molecule has 0 unspecified atom stereocenters. The van der Waals surface area contributed by atoms with Gasteiger partial charge in [-0.3, -0.25) is 10.2 Å². The van der Waals surface area contributed by atoms with Crippen LogP contribution in [0.2, 0.25) is 0 Å². The van der Waals surface area contributed by atoms with Crippen LogP contribution in [0, 0.1) is 13.8 Å². The number of carbonyl (C=O) groups is 1. The molecule has 2 aromatic carbocycles. The third kappa shape index (κ3) is 4.98. The SMILES string of the molecule is Cc1ccc(NC(=O)c2oc3c(c2C)/C(=N/Nc2cccc(C(F)(F)F)c2)CCC3)c(Br)c1. The number of hydrogen-bond acceptors (Lipinski definition) is 4. The Balaban J connectivity index is 1.59. The van der Waals surface area contributed by atoms with Crippen molar-refractivity contribution in [2.24, 2.45) is 5.10 Å². The summed E-state index contributed by atoms with van der Waals surface area (Å²) in [7, 11) is 0. The number of fused-ring (bicyclic) bond motifs is 1. The molecule has 1 amide bonds. The van der Waals surface area contributed by atoms with Crippen LogP contribution in [0.1, 0.15) is 51.4 Å². The van der Waals surface area contributed by atoms with Crippen molar-refractivity contribution in [2.45, 2.75) is 39.3 Å². The summed E-state index contributed by atoms with van der Waals surface area (Å²) in [6, 6.07) is 10.5. The summed E-state index contributed by atoms with van der Waals surface area (Å²) in [6.45, 7) is 3.74. The number of hydrazone groups is 1. The summed E-state index contributed by atoms with van der Waals surface area (Å²) in [5.74, 6) is 0.467. The van der Waals surface area contributed by atoms with Crippen LogP contribution in [-0.2, 0) is 12.6 Å². The molecule has 5 nitrogen and oxygen atoms in total. The number of rotatable bonds is 4. The molecule has 1 heterocycles. The number of benzene rings is 2. The average Bonchev–Trinajstić information content (AvgIpc) is 3.11. The highest BCUT2D eigenvalue weighted by atomic mass is 79.9. The lowest BCUT2D eigenvalue weighted by Crippen LogP contribution is -2.14. The second kappa shape index (κ2) is 9.05. The van der Waals surface area contributed by atoms with Gasteiger partial charge in [0.05, 0.1) is 22.6 Å². The van der Waals surface area contributed by atoms with Gasteiger partial charge >= 0.3 is 6.18 Å². The van der Waals surface area contributed by atoms with E-state index in [1.165, 1.54) is 12.1 Å². The summed E-state index contributed by atoms with van der Waals surface area (Å²) >= 11 is 3.45. The predicted octanol–water partition coefficient (Wildman–Crippen LogP) is 7.08. The highest BCUT2D eigenvalue weighted by Gasteiger charge is 2.31. The molecule has 0 atom stereocenters. The summed E-state index contributed by atoms with van der Waals surface area (Å²) < 4.78 is 45.6. The van der Waals surface area contributed by atoms with Gasteiger partial charge in [0.15, 0.2) is 5.76 Å². The second-order valence-corrected chi connectivity index (χ2v) is 8.75. The Morgan fingerprint density at radius 2 is 1.91 bits per heavy atom. The Morgan fingerprint density at radius 3 is 2.64 bits per heavy atom. The molecule has 0 fully saturated rings. The molecule has 9 heteroatoms. The quantitative estimate of drug-likeness (QED) is 0.362. The minimum Gasteiger partial charge on any atom is -0.455 e. The number of carbonyl (C=O) groups excluding carboxylic acids is 1. The fraction of sp³-hybridized carbons (Fsp3) is 0.250. The zero-order valence-electron chi connectivity index (χ0n) is 17.9. The van der Waals surface area contributed by atoms with Crippen molar-refractivity contribution >= 4 is 38.9 Å². The van der Waals surface area contributed by atoms with Gasteiger partial charge in [-0.25, -0.2) is 0 Å². The van der Waals surface area contributed by atoms with Crippen molar-refractivity contribution in [3.8, 4) is 0 Å². The molecular formula is C24H21BrF3N3O2. The van der Waals surface area contributed by atoms with Gasteiger partial charge < -0.3 is 9.73 Å². The maximum atomic E-state index is 13.0. The molecule has 3 aromatic rings. The molecule has 0 aliphatic heterocycles. The van der Waals surface area contributed by atoms with Crippen LogP contribution in [-0.4, -0.2) is 11.6 Å². The van der Waals surface area contributed by atoms with E-state index in [2.05, 4.69) is 31.8 Å². The Kier molecular flexibility index (Phi) is 6.34. The molecule has 0 saturated heterocycles. The molecule has 4 rings (SSSR count). The fourth-order valence-corrected chi connectivity index (χ4v) is 4.39. The summed E-state index contributed by atoms with van der Waals surface area (Å²) in [5, 5.41) is 7.21.